The van der Waals surface area contributed by atoms with E-state index in [-0.39, 0.29) is 0 Å². The van der Waals surface area contributed by atoms with Crippen molar-refractivity contribution in [2.45, 2.75) is 18.2 Å². The predicted octanol–water partition coefficient (Wildman–Crippen LogP) is 1.69. The maximum atomic E-state index is 12.7. The summed E-state index contributed by atoms with van der Waals surface area (Å²) in [6.45, 7) is 3.76. The number of nitrogens with one attached hydrogen (secondary N) is 1. The molecule has 20 heavy (non-hydrogen) atoms. The fourth-order valence-corrected chi connectivity index (χ4v) is 3.73. The van der Waals surface area contributed by atoms with Crippen LogP contribution in [0.25, 0.3) is 0 Å². The van der Waals surface area contributed by atoms with Crippen LogP contribution in [0.2, 0.25) is 0 Å². The lowest BCUT2D eigenvalue weighted by atomic mass is 10.3. The molecule has 0 saturated heterocycles. The summed E-state index contributed by atoms with van der Waals surface area (Å²) >= 11 is 0. The Morgan fingerprint density at radius 3 is 2.35 bits per heavy atom. The number of rotatable bonds is 8. The maximum Gasteiger partial charge on any atom is 0.245 e. The third-order valence-electron chi connectivity index (χ3n) is 3.14. The zero-order valence-corrected chi connectivity index (χ0v) is 13.6. The molecule has 0 atom stereocenters. The van der Waals surface area contributed by atoms with Gasteiger partial charge in [-0.15, -0.1) is 0 Å². The van der Waals surface area contributed by atoms with E-state index in [1.54, 1.807) is 25.2 Å². The van der Waals surface area contributed by atoms with E-state index in [2.05, 4.69) is 10.2 Å². The summed E-state index contributed by atoms with van der Waals surface area (Å²) in [5.74, 6) is 0. The molecule has 1 N–H and O–H groups in total. The Morgan fingerprint density at radius 2 is 1.80 bits per heavy atom. The smallest absolute Gasteiger partial charge is 0.245 e. The van der Waals surface area contributed by atoms with Gasteiger partial charge in [0.15, 0.2) is 0 Å². The molecule has 1 aromatic rings. The van der Waals surface area contributed by atoms with Gasteiger partial charge in [-0.1, -0.05) is 19.1 Å². The highest BCUT2D eigenvalue weighted by atomic mass is 32.2. The van der Waals surface area contributed by atoms with Crippen LogP contribution in [0.4, 0.5) is 5.69 Å². The molecule has 0 heterocycles. The summed E-state index contributed by atoms with van der Waals surface area (Å²) in [6, 6.07) is 7.00. The lowest BCUT2D eigenvalue weighted by molar-refractivity contribution is 0.356. The van der Waals surface area contributed by atoms with Crippen LogP contribution in [0.15, 0.2) is 29.2 Å². The molecule has 114 valence electrons. The quantitative estimate of drug-likeness (QED) is 0.794. The van der Waals surface area contributed by atoms with Crippen molar-refractivity contribution in [2.75, 3.05) is 46.1 Å². The first-order valence-corrected chi connectivity index (χ1v) is 8.29. The van der Waals surface area contributed by atoms with Gasteiger partial charge in [0.2, 0.25) is 10.0 Å². The second-order valence-electron chi connectivity index (χ2n) is 4.90. The molecule has 0 aliphatic carbocycles. The van der Waals surface area contributed by atoms with E-state index in [9.17, 15) is 8.42 Å². The first-order chi connectivity index (χ1) is 9.43. The summed E-state index contributed by atoms with van der Waals surface area (Å²) in [4.78, 5) is 2.40. The summed E-state index contributed by atoms with van der Waals surface area (Å²) in [5.41, 5.74) is 0.638. The molecular formula is C14H25N3O2S. The predicted molar refractivity (Wildman–Crippen MR) is 83.6 cm³/mol. The molecule has 0 aromatic heterocycles. The fraction of sp³-hybridized carbons (Fsp3) is 0.571. The zero-order chi connectivity index (χ0) is 15.2. The highest BCUT2D eigenvalue weighted by Gasteiger charge is 2.24. The van der Waals surface area contributed by atoms with Gasteiger partial charge in [0.1, 0.15) is 4.90 Å². The van der Waals surface area contributed by atoms with Crippen LogP contribution >= 0.6 is 0 Å². The van der Waals surface area contributed by atoms with E-state index in [1.165, 1.54) is 4.31 Å². The van der Waals surface area contributed by atoms with Crippen LogP contribution in [0.1, 0.15) is 13.3 Å². The normalized spacial score (nSPS) is 12.1. The van der Waals surface area contributed by atoms with Gasteiger partial charge in [-0.25, -0.2) is 8.42 Å². The number of nitrogens with zero attached hydrogens (tertiary/aromatic N) is 2. The van der Waals surface area contributed by atoms with E-state index in [0.717, 1.165) is 13.0 Å². The van der Waals surface area contributed by atoms with Crippen molar-refractivity contribution in [2.24, 2.45) is 0 Å². The molecule has 0 aliphatic rings. The number of anilines is 1. The fourth-order valence-electron chi connectivity index (χ4n) is 2.05. The van der Waals surface area contributed by atoms with E-state index in [0.29, 0.717) is 23.7 Å². The van der Waals surface area contributed by atoms with E-state index in [1.807, 2.05) is 27.1 Å². The van der Waals surface area contributed by atoms with Gasteiger partial charge in [0.25, 0.3) is 0 Å². The zero-order valence-electron chi connectivity index (χ0n) is 12.8. The van der Waals surface area contributed by atoms with Gasteiger partial charge in [-0.2, -0.15) is 4.31 Å². The lowest BCUT2D eigenvalue weighted by Gasteiger charge is -2.22. The van der Waals surface area contributed by atoms with Crippen molar-refractivity contribution in [3.8, 4) is 0 Å². The van der Waals surface area contributed by atoms with Crippen LogP contribution in [0, 0.1) is 0 Å². The third-order valence-corrected chi connectivity index (χ3v) is 5.17. The molecule has 0 saturated carbocycles. The number of hydrogen-bond donors (Lipinski definition) is 1. The first-order valence-electron chi connectivity index (χ1n) is 6.85. The Kier molecular flexibility index (Phi) is 6.45. The van der Waals surface area contributed by atoms with Crippen molar-refractivity contribution in [1.82, 2.24) is 9.21 Å². The topological polar surface area (TPSA) is 52.7 Å². The number of sulfonamides is 1. The highest BCUT2D eigenvalue weighted by molar-refractivity contribution is 7.89. The minimum absolute atomic E-state index is 0.342. The highest BCUT2D eigenvalue weighted by Crippen LogP contribution is 2.24. The van der Waals surface area contributed by atoms with Gasteiger partial charge in [-0.05, 0) is 39.2 Å². The van der Waals surface area contributed by atoms with Gasteiger partial charge in [-0.3, -0.25) is 0 Å². The van der Waals surface area contributed by atoms with Gasteiger partial charge >= 0.3 is 0 Å². The Labute approximate surface area is 122 Å². The molecular weight excluding hydrogens is 274 g/mol. The Hall–Kier alpha value is -1.11. The molecule has 5 nitrogen and oxygen atoms in total. The molecule has 0 spiro atoms. The molecule has 0 radical (unpaired) electrons. The average Bonchev–Trinajstić information content (AvgIpc) is 2.43. The van der Waals surface area contributed by atoms with Crippen molar-refractivity contribution in [3.05, 3.63) is 24.3 Å². The van der Waals surface area contributed by atoms with Crippen molar-refractivity contribution < 1.29 is 8.42 Å². The van der Waals surface area contributed by atoms with Gasteiger partial charge < -0.3 is 10.2 Å². The molecule has 0 unspecified atom stereocenters. The second kappa shape index (κ2) is 7.61. The summed E-state index contributed by atoms with van der Waals surface area (Å²) in [7, 11) is 2.27. The average molecular weight is 299 g/mol. The molecule has 0 bridgehead atoms. The van der Waals surface area contributed by atoms with Crippen molar-refractivity contribution >= 4 is 15.7 Å². The minimum atomic E-state index is -3.44. The van der Waals surface area contributed by atoms with Crippen LogP contribution in [0.3, 0.4) is 0 Å². The van der Waals surface area contributed by atoms with Gasteiger partial charge in [0, 0.05) is 20.1 Å². The van der Waals surface area contributed by atoms with Crippen LogP contribution < -0.4 is 5.32 Å². The van der Waals surface area contributed by atoms with E-state index < -0.39 is 10.0 Å². The number of hydrogen-bond acceptors (Lipinski definition) is 4. The van der Waals surface area contributed by atoms with E-state index >= 15 is 0 Å². The van der Waals surface area contributed by atoms with Crippen molar-refractivity contribution in [1.29, 1.82) is 0 Å². The van der Waals surface area contributed by atoms with Crippen molar-refractivity contribution in [3.63, 3.8) is 0 Å². The SMILES string of the molecule is CCN(CCCN(C)C)S(=O)(=O)c1ccccc1NC. The largest absolute Gasteiger partial charge is 0.387 e. The molecule has 0 fully saturated rings. The lowest BCUT2D eigenvalue weighted by Crippen LogP contribution is -2.33. The molecule has 1 rings (SSSR count). The van der Waals surface area contributed by atoms with E-state index in [4.69, 9.17) is 0 Å². The van der Waals surface area contributed by atoms with Gasteiger partial charge in [0.05, 0.1) is 5.69 Å². The number of para-hydroxylation sites is 1. The first kappa shape index (κ1) is 16.9. The Balaban J connectivity index is 2.94. The number of benzene rings is 1. The van der Waals surface area contributed by atoms with Crippen LogP contribution in [0.5, 0.6) is 0 Å². The Morgan fingerprint density at radius 1 is 1.15 bits per heavy atom. The van der Waals surface area contributed by atoms with Crippen LogP contribution in [-0.4, -0.2) is 58.4 Å². The third kappa shape index (κ3) is 4.19. The monoisotopic (exact) mass is 299 g/mol. The standard InChI is InChI=1S/C14H25N3O2S/c1-5-17(12-8-11-16(3)4)20(18,19)14-10-7-6-9-13(14)15-2/h6-7,9-10,15H,5,8,11-12H2,1-4H3. The maximum absolute atomic E-state index is 12.7. The van der Waals surface area contributed by atoms with Crippen LogP contribution in [-0.2, 0) is 10.0 Å². The second-order valence-corrected chi connectivity index (χ2v) is 6.81. The minimum Gasteiger partial charge on any atom is -0.387 e. The Bertz CT molecular complexity index is 515. The molecule has 1 aromatic carbocycles. The molecule has 0 amide bonds. The summed E-state index contributed by atoms with van der Waals surface area (Å²) in [6.07, 6.45) is 0.821. The summed E-state index contributed by atoms with van der Waals surface area (Å²) in [5, 5.41) is 2.94. The summed E-state index contributed by atoms with van der Waals surface area (Å²) < 4.78 is 26.9. The molecule has 6 heteroatoms. The molecule has 0 aliphatic heterocycles.